The Morgan fingerprint density at radius 1 is 1.19 bits per heavy atom. The van der Waals surface area contributed by atoms with Crippen LogP contribution in [0.2, 0.25) is 5.02 Å². The number of rotatable bonds is 5. The lowest BCUT2D eigenvalue weighted by atomic mass is 10.1. The Balaban J connectivity index is 1.66. The molecule has 4 nitrogen and oxygen atoms in total. The molecule has 1 N–H and O–H groups in total. The van der Waals surface area contributed by atoms with E-state index in [1.807, 2.05) is 12.1 Å². The van der Waals surface area contributed by atoms with Crippen molar-refractivity contribution >= 4 is 35.1 Å². The number of aromatic nitrogens is 2. The van der Waals surface area contributed by atoms with Gasteiger partial charge in [-0.05, 0) is 30.3 Å². The van der Waals surface area contributed by atoms with E-state index in [0.717, 1.165) is 35.5 Å². The van der Waals surface area contributed by atoms with Crippen molar-refractivity contribution in [2.45, 2.75) is 4.90 Å². The van der Waals surface area contributed by atoms with Crippen molar-refractivity contribution in [1.29, 1.82) is 0 Å². The summed E-state index contributed by atoms with van der Waals surface area (Å²) in [6.45, 7) is 0. The smallest absolute Gasteiger partial charge is 0.235 e. The van der Waals surface area contributed by atoms with E-state index < -0.39 is 11.6 Å². The highest BCUT2D eigenvalue weighted by Crippen LogP contribution is 2.25. The van der Waals surface area contributed by atoms with Crippen LogP contribution in [0.1, 0.15) is 0 Å². The minimum atomic E-state index is -0.560. The molecule has 134 valence electrons. The predicted octanol–water partition coefficient (Wildman–Crippen LogP) is 4.75. The lowest BCUT2D eigenvalue weighted by molar-refractivity contribution is -0.113. The minimum Gasteiger partial charge on any atom is -0.310 e. The van der Waals surface area contributed by atoms with Gasteiger partial charge in [0.1, 0.15) is 17.5 Å². The summed E-state index contributed by atoms with van der Waals surface area (Å²) in [6, 6.07) is 12.0. The molecule has 1 heterocycles. The van der Waals surface area contributed by atoms with Crippen molar-refractivity contribution in [3.8, 4) is 11.3 Å². The second-order valence-electron chi connectivity index (χ2n) is 5.46. The Morgan fingerprint density at radius 2 is 1.92 bits per heavy atom. The molecule has 0 unspecified atom stereocenters. The number of aryl methyl sites for hydroxylation is 1. The first-order valence-electron chi connectivity index (χ1n) is 7.60. The van der Waals surface area contributed by atoms with E-state index in [2.05, 4.69) is 10.4 Å². The molecule has 0 fully saturated rings. The van der Waals surface area contributed by atoms with Crippen LogP contribution in [-0.2, 0) is 11.8 Å². The molecule has 0 bridgehead atoms. The van der Waals surface area contributed by atoms with Crippen molar-refractivity contribution in [3.63, 3.8) is 0 Å². The number of carbonyl (C=O) groups excluding carboxylic acids is 1. The highest BCUT2D eigenvalue weighted by atomic mass is 35.5. The van der Waals surface area contributed by atoms with Crippen molar-refractivity contribution in [2.24, 2.45) is 7.05 Å². The summed E-state index contributed by atoms with van der Waals surface area (Å²) in [5, 5.41) is 7.69. The van der Waals surface area contributed by atoms with Gasteiger partial charge in [0, 0.05) is 28.6 Å². The highest BCUT2D eigenvalue weighted by Gasteiger charge is 2.12. The Hall–Kier alpha value is -2.38. The van der Waals surface area contributed by atoms with Gasteiger partial charge in [-0.2, -0.15) is 5.10 Å². The second kappa shape index (κ2) is 7.88. The van der Waals surface area contributed by atoms with Gasteiger partial charge in [0.15, 0.2) is 0 Å². The average Bonchev–Trinajstić information content (AvgIpc) is 2.97. The van der Waals surface area contributed by atoms with Gasteiger partial charge in [-0.1, -0.05) is 23.7 Å². The lowest BCUT2D eigenvalue weighted by Crippen LogP contribution is -2.16. The molecule has 3 aromatic rings. The fourth-order valence-corrected chi connectivity index (χ4v) is 3.14. The van der Waals surface area contributed by atoms with Crippen LogP contribution in [0.5, 0.6) is 0 Å². The monoisotopic (exact) mass is 393 g/mol. The van der Waals surface area contributed by atoms with Crippen LogP contribution >= 0.6 is 23.4 Å². The van der Waals surface area contributed by atoms with E-state index in [9.17, 15) is 13.6 Å². The van der Waals surface area contributed by atoms with E-state index in [1.165, 1.54) is 4.68 Å². The summed E-state index contributed by atoms with van der Waals surface area (Å²) in [5.41, 5.74) is 1.55. The first kappa shape index (κ1) is 18.4. The molecule has 8 heteroatoms. The van der Waals surface area contributed by atoms with Gasteiger partial charge in [-0.25, -0.2) is 8.78 Å². The van der Waals surface area contributed by atoms with Crippen molar-refractivity contribution in [2.75, 3.05) is 11.1 Å². The van der Waals surface area contributed by atoms with Gasteiger partial charge in [0.05, 0.1) is 11.4 Å². The standard InChI is InChI=1S/C18H14ClF2N3OS/c1-24-17(9-15(23-24)11-2-4-12(19)5-3-11)22-18(25)10-26-16-8-13(20)6-7-14(16)21/h2-9H,10H2,1H3,(H,22,25). The topological polar surface area (TPSA) is 46.9 Å². The van der Waals surface area contributed by atoms with Gasteiger partial charge in [0.2, 0.25) is 5.91 Å². The zero-order chi connectivity index (χ0) is 18.7. The first-order chi connectivity index (χ1) is 12.4. The van der Waals surface area contributed by atoms with Crippen molar-refractivity contribution in [3.05, 3.63) is 65.2 Å². The molecule has 1 aromatic heterocycles. The van der Waals surface area contributed by atoms with E-state index in [4.69, 9.17) is 11.6 Å². The fraction of sp³-hybridized carbons (Fsp3) is 0.111. The second-order valence-corrected chi connectivity index (χ2v) is 6.91. The lowest BCUT2D eigenvalue weighted by Gasteiger charge is -2.05. The number of nitrogens with one attached hydrogen (secondary N) is 1. The van der Waals surface area contributed by atoms with Crippen LogP contribution in [0.15, 0.2) is 53.4 Å². The molecule has 0 aliphatic rings. The first-order valence-corrected chi connectivity index (χ1v) is 8.96. The van der Waals surface area contributed by atoms with Crippen molar-refractivity contribution < 1.29 is 13.6 Å². The number of halogens is 3. The third-order valence-corrected chi connectivity index (χ3v) is 4.82. The minimum absolute atomic E-state index is 0.0537. The van der Waals surface area contributed by atoms with Gasteiger partial charge in [-0.3, -0.25) is 9.48 Å². The quantitative estimate of drug-likeness (QED) is 0.636. The van der Waals surface area contributed by atoms with Gasteiger partial charge >= 0.3 is 0 Å². The maximum atomic E-state index is 13.6. The zero-order valence-electron chi connectivity index (χ0n) is 13.7. The number of amides is 1. The molecule has 1 amide bonds. The van der Waals surface area contributed by atoms with Crippen LogP contribution in [0.4, 0.5) is 14.6 Å². The number of nitrogens with zero attached hydrogens (tertiary/aromatic N) is 2. The number of hydrogen-bond donors (Lipinski definition) is 1. The Morgan fingerprint density at radius 3 is 2.65 bits per heavy atom. The molecule has 0 spiro atoms. The maximum absolute atomic E-state index is 13.6. The number of benzene rings is 2. The maximum Gasteiger partial charge on any atom is 0.235 e. The largest absolute Gasteiger partial charge is 0.310 e. The molecule has 3 rings (SSSR count). The molecule has 0 saturated heterocycles. The van der Waals surface area contributed by atoms with Crippen LogP contribution < -0.4 is 5.32 Å². The molecule has 0 aliphatic carbocycles. The number of hydrogen-bond acceptors (Lipinski definition) is 3. The van der Waals surface area contributed by atoms with E-state index >= 15 is 0 Å². The van der Waals surface area contributed by atoms with E-state index in [-0.39, 0.29) is 16.6 Å². The number of thioether (sulfide) groups is 1. The molecule has 0 atom stereocenters. The molecule has 26 heavy (non-hydrogen) atoms. The molecule has 0 saturated carbocycles. The van der Waals surface area contributed by atoms with Crippen molar-refractivity contribution in [1.82, 2.24) is 9.78 Å². The Labute approximate surface area is 158 Å². The highest BCUT2D eigenvalue weighted by molar-refractivity contribution is 8.00. The van der Waals surface area contributed by atoms with Gasteiger partial charge in [0.25, 0.3) is 0 Å². The summed E-state index contributed by atoms with van der Waals surface area (Å²) in [6.07, 6.45) is 0. The Kier molecular flexibility index (Phi) is 5.58. The van der Waals surface area contributed by atoms with Crippen LogP contribution in [0.3, 0.4) is 0 Å². The molecule has 2 aromatic carbocycles. The average molecular weight is 394 g/mol. The summed E-state index contributed by atoms with van der Waals surface area (Å²) in [4.78, 5) is 12.2. The molecular weight excluding hydrogens is 380 g/mol. The van der Waals surface area contributed by atoms with E-state index in [0.29, 0.717) is 16.5 Å². The normalized spacial score (nSPS) is 10.8. The summed E-state index contributed by atoms with van der Waals surface area (Å²) in [5.74, 6) is -1.00. The molecule has 0 radical (unpaired) electrons. The summed E-state index contributed by atoms with van der Waals surface area (Å²) in [7, 11) is 1.70. The van der Waals surface area contributed by atoms with Crippen LogP contribution in [0.25, 0.3) is 11.3 Å². The number of anilines is 1. The van der Waals surface area contributed by atoms with Crippen LogP contribution in [0, 0.1) is 11.6 Å². The third kappa shape index (κ3) is 4.42. The molecule has 0 aliphatic heterocycles. The summed E-state index contributed by atoms with van der Waals surface area (Å²) >= 11 is 6.80. The SMILES string of the molecule is Cn1nc(-c2ccc(Cl)cc2)cc1NC(=O)CSc1cc(F)ccc1F. The van der Waals surface area contributed by atoms with Gasteiger partial charge < -0.3 is 5.32 Å². The van der Waals surface area contributed by atoms with Crippen LogP contribution in [-0.4, -0.2) is 21.4 Å². The molecular formula is C18H14ClF2N3OS. The van der Waals surface area contributed by atoms with Gasteiger partial charge in [-0.15, -0.1) is 11.8 Å². The fourth-order valence-electron chi connectivity index (χ4n) is 2.26. The summed E-state index contributed by atoms with van der Waals surface area (Å²) < 4.78 is 28.3. The Bertz CT molecular complexity index is 944. The number of carbonyl (C=O) groups is 1. The zero-order valence-corrected chi connectivity index (χ0v) is 15.2. The predicted molar refractivity (Wildman–Crippen MR) is 99.4 cm³/mol. The van der Waals surface area contributed by atoms with E-state index in [1.54, 1.807) is 25.2 Å². The third-order valence-electron chi connectivity index (χ3n) is 3.54.